The first-order valence-corrected chi connectivity index (χ1v) is 6.41. The number of hydrogen-bond donors (Lipinski definition) is 1. The summed E-state index contributed by atoms with van der Waals surface area (Å²) in [5.41, 5.74) is 1.27. The first-order valence-electron chi connectivity index (χ1n) is 6.41. The number of hydrogen-bond acceptors (Lipinski definition) is 3. The lowest BCUT2D eigenvalue weighted by molar-refractivity contribution is 0.0699. The largest absolute Gasteiger partial charge is 0.494 e. The maximum atomic E-state index is 5.49. The molecule has 1 saturated heterocycles. The fourth-order valence-corrected chi connectivity index (χ4v) is 2.08. The molecule has 1 aromatic carbocycles. The first-order chi connectivity index (χ1) is 8.38. The van der Waals surface area contributed by atoms with E-state index >= 15 is 0 Å². The van der Waals surface area contributed by atoms with Gasteiger partial charge in [0.2, 0.25) is 0 Å². The molecule has 3 heteroatoms. The lowest BCUT2D eigenvalue weighted by atomic mass is 10.1. The van der Waals surface area contributed by atoms with E-state index in [2.05, 4.69) is 17.4 Å². The van der Waals surface area contributed by atoms with Gasteiger partial charge < -0.3 is 14.8 Å². The fourth-order valence-electron chi connectivity index (χ4n) is 2.08. The Hall–Kier alpha value is -1.06. The van der Waals surface area contributed by atoms with Gasteiger partial charge in [-0.15, -0.1) is 0 Å². The molecule has 94 valence electrons. The van der Waals surface area contributed by atoms with Crippen LogP contribution in [0.1, 0.15) is 25.3 Å². The molecular weight excluding hydrogens is 214 g/mol. The van der Waals surface area contributed by atoms with Crippen LogP contribution in [0.5, 0.6) is 5.75 Å². The number of rotatable bonds is 5. The van der Waals surface area contributed by atoms with Gasteiger partial charge in [0.1, 0.15) is 5.75 Å². The lowest BCUT2D eigenvalue weighted by Crippen LogP contribution is -2.36. The Morgan fingerprint density at radius 2 is 2.41 bits per heavy atom. The SMILES string of the molecule is CCOc1cccc(CNC2CCCOC2)c1. The van der Waals surface area contributed by atoms with Crippen molar-refractivity contribution >= 4 is 0 Å². The van der Waals surface area contributed by atoms with Gasteiger partial charge in [-0.3, -0.25) is 0 Å². The molecule has 1 fully saturated rings. The minimum absolute atomic E-state index is 0.500. The van der Waals surface area contributed by atoms with E-state index in [4.69, 9.17) is 9.47 Å². The fraction of sp³-hybridized carbons (Fsp3) is 0.571. The third-order valence-electron chi connectivity index (χ3n) is 2.96. The Kier molecular flexibility index (Phi) is 4.83. The van der Waals surface area contributed by atoms with Crippen molar-refractivity contribution in [2.75, 3.05) is 19.8 Å². The van der Waals surface area contributed by atoms with E-state index < -0.39 is 0 Å². The third kappa shape index (κ3) is 4.02. The molecule has 1 N–H and O–H groups in total. The smallest absolute Gasteiger partial charge is 0.119 e. The van der Waals surface area contributed by atoms with Crippen LogP contribution in [-0.2, 0) is 11.3 Å². The zero-order chi connectivity index (χ0) is 11.9. The van der Waals surface area contributed by atoms with E-state index in [1.54, 1.807) is 0 Å². The number of ether oxygens (including phenoxy) is 2. The van der Waals surface area contributed by atoms with Crippen molar-refractivity contribution in [3.05, 3.63) is 29.8 Å². The minimum atomic E-state index is 0.500. The van der Waals surface area contributed by atoms with E-state index in [0.29, 0.717) is 12.6 Å². The van der Waals surface area contributed by atoms with Gasteiger partial charge in [0.15, 0.2) is 0 Å². The quantitative estimate of drug-likeness (QED) is 0.850. The van der Waals surface area contributed by atoms with Crippen LogP contribution in [0, 0.1) is 0 Å². The Balaban J connectivity index is 1.83. The Labute approximate surface area is 103 Å². The van der Waals surface area contributed by atoms with E-state index in [1.807, 2.05) is 19.1 Å². The molecule has 1 aliphatic rings. The minimum Gasteiger partial charge on any atom is -0.494 e. The van der Waals surface area contributed by atoms with Gasteiger partial charge in [-0.1, -0.05) is 12.1 Å². The zero-order valence-corrected chi connectivity index (χ0v) is 10.4. The van der Waals surface area contributed by atoms with Crippen LogP contribution < -0.4 is 10.1 Å². The van der Waals surface area contributed by atoms with Gasteiger partial charge in [0.25, 0.3) is 0 Å². The predicted octanol–water partition coefficient (Wildman–Crippen LogP) is 2.35. The Bertz CT molecular complexity index is 335. The summed E-state index contributed by atoms with van der Waals surface area (Å²) in [7, 11) is 0. The van der Waals surface area contributed by atoms with E-state index in [-0.39, 0.29) is 0 Å². The molecule has 17 heavy (non-hydrogen) atoms. The molecule has 1 aliphatic heterocycles. The molecule has 3 nitrogen and oxygen atoms in total. The second-order valence-corrected chi connectivity index (χ2v) is 4.38. The van der Waals surface area contributed by atoms with Crippen LogP contribution in [-0.4, -0.2) is 25.9 Å². The zero-order valence-electron chi connectivity index (χ0n) is 10.4. The van der Waals surface area contributed by atoms with Crippen molar-refractivity contribution in [3.8, 4) is 5.75 Å². The molecule has 0 aromatic heterocycles. The highest BCUT2D eigenvalue weighted by molar-refractivity contribution is 5.28. The molecule has 1 heterocycles. The summed E-state index contributed by atoms with van der Waals surface area (Å²) in [5.74, 6) is 0.951. The number of benzene rings is 1. The van der Waals surface area contributed by atoms with Gasteiger partial charge >= 0.3 is 0 Å². The van der Waals surface area contributed by atoms with Crippen LogP contribution in [0.4, 0.5) is 0 Å². The molecule has 0 amide bonds. The second-order valence-electron chi connectivity index (χ2n) is 4.38. The van der Waals surface area contributed by atoms with Crippen LogP contribution in [0.25, 0.3) is 0 Å². The lowest BCUT2D eigenvalue weighted by Gasteiger charge is -2.23. The van der Waals surface area contributed by atoms with Gasteiger partial charge in [-0.25, -0.2) is 0 Å². The highest BCUT2D eigenvalue weighted by Crippen LogP contribution is 2.14. The van der Waals surface area contributed by atoms with Crippen LogP contribution in [0.15, 0.2) is 24.3 Å². The van der Waals surface area contributed by atoms with Crippen molar-refractivity contribution in [2.24, 2.45) is 0 Å². The van der Waals surface area contributed by atoms with Crippen LogP contribution >= 0.6 is 0 Å². The first kappa shape index (κ1) is 12.4. The van der Waals surface area contributed by atoms with E-state index in [1.165, 1.54) is 12.0 Å². The van der Waals surface area contributed by atoms with Crippen molar-refractivity contribution in [1.82, 2.24) is 5.32 Å². The van der Waals surface area contributed by atoms with Crippen molar-refractivity contribution in [3.63, 3.8) is 0 Å². The van der Waals surface area contributed by atoms with Crippen molar-refractivity contribution in [2.45, 2.75) is 32.4 Å². The van der Waals surface area contributed by atoms with Crippen molar-refractivity contribution < 1.29 is 9.47 Å². The molecule has 1 aromatic rings. The average molecular weight is 235 g/mol. The molecule has 1 atom stereocenters. The predicted molar refractivity (Wildman–Crippen MR) is 68.3 cm³/mol. The van der Waals surface area contributed by atoms with Gasteiger partial charge in [-0.05, 0) is 37.5 Å². The third-order valence-corrected chi connectivity index (χ3v) is 2.96. The summed E-state index contributed by atoms with van der Waals surface area (Å²) in [6, 6.07) is 8.76. The van der Waals surface area contributed by atoms with Crippen LogP contribution in [0.2, 0.25) is 0 Å². The maximum Gasteiger partial charge on any atom is 0.119 e. The summed E-state index contributed by atoms with van der Waals surface area (Å²) < 4.78 is 10.9. The Morgan fingerprint density at radius 3 is 3.18 bits per heavy atom. The molecule has 0 spiro atoms. The highest BCUT2D eigenvalue weighted by Gasteiger charge is 2.12. The summed E-state index contributed by atoms with van der Waals surface area (Å²) in [6.45, 7) is 5.36. The molecule has 0 radical (unpaired) electrons. The number of nitrogens with one attached hydrogen (secondary N) is 1. The second kappa shape index (κ2) is 6.62. The van der Waals surface area contributed by atoms with E-state index in [0.717, 1.165) is 31.9 Å². The normalized spacial score (nSPS) is 20.2. The molecule has 2 rings (SSSR count). The summed E-state index contributed by atoms with van der Waals surface area (Å²) in [5, 5.41) is 3.53. The summed E-state index contributed by atoms with van der Waals surface area (Å²) in [4.78, 5) is 0. The molecule has 0 bridgehead atoms. The van der Waals surface area contributed by atoms with Gasteiger partial charge in [0, 0.05) is 19.2 Å². The van der Waals surface area contributed by atoms with E-state index in [9.17, 15) is 0 Å². The van der Waals surface area contributed by atoms with Crippen molar-refractivity contribution in [1.29, 1.82) is 0 Å². The molecule has 1 unspecified atom stereocenters. The van der Waals surface area contributed by atoms with Gasteiger partial charge in [-0.2, -0.15) is 0 Å². The monoisotopic (exact) mass is 235 g/mol. The molecule has 0 saturated carbocycles. The maximum absolute atomic E-state index is 5.49. The standard InChI is InChI=1S/C14H21NO2/c1-2-17-14-7-3-5-12(9-14)10-15-13-6-4-8-16-11-13/h3,5,7,9,13,15H,2,4,6,8,10-11H2,1H3. The highest BCUT2D eigenvalue weighted by atomic mass is 16.5. The van der Waals surface area contributed by atoms with Crippen LogP contribution in [0.3, 0.4) is 0 Å². The summed E-state index contributed by atoms with van der Waals surface area (Å²) in [6.07, 6.45) is 2.38. The molecular formula is C14H21NO2. The molecule has 0 aliphatic carbocycles. The average Bonchev–Trinajstić information content (AvgIpc) is 2.39. The Morgan fingerprint density at radius 1 is 1.47 bits per heavy atom. The summed E-state index contributed by atoms with van der Waals surface area (Å²) >= 11 is 0. The van der Waals surface area contributed by atoms with Gasteiger partial charge in [0.05, 0.1) is 13.2 Å². The topological polar surface area (TPSA) is 30.5 Å².